The standard InChI is InChI=1S/C31H32N2O6/c1-19(2)17-38-21-10-8-20(9-11-21)25(31-30(36)28(34)14-22(39-31)18-37-3)15-29(35)33-13-12-24-23-6-4-5-7-26(23)32-27(24)16-33/h4-11,14,25,32,36H,1,12-13,15-18H2,2-3H3. The molecule has 1 aliphatic heterocycles. The van der Waals surface area contributed by atoms with E-state index in [1.807, 2.05) is 42.2 Å². The highest BCUT2D eigenvalue weighted by Gasteiger charge is 2.30. The molecule has 0 aliphatic carbocycles. The number of aromatic amines is 1. The lowest BCUT2D eigenvalue weighted by atomic mass is 9.91. The number of benzene rings is 2. The lowest BCUT2D eigenvalue weighted by Gasteiger charge is -2.29. The van der Waals surface area contributed by atoms with Crippen molar-refractivity contribution in [1.82, 2.24) is 9.88 Å². The molecule has 3 heterocycles. The molecule has 1 amide bonds. The Bertz CT molecular complexity index is 1570. The van der Waals surface area contributed by atoms with Crippen LogP contribution in [0.1, 0.15) is 47.6 Å². The number of nitrogens with zero attached hydrogens (tertiary/aromatic N) is 1. The molecular weight excluding hydrogens is 496 g/mol. The fourth-order valence-electron chi connectivity index (χ4n) is 5.08. The molecule has 0 fully saturated rings. The SMILES string of the molecule is C=C(C)COc1ccc(C(CC(=O)N2CCc3c([nH]c4ccccc34)C2)c2oc(COC)cc(=O)c2O)cc1. The number of aromatic nitrogens is 1. The molecule has 1 unspecified atom stereocenters. The molecule has 202 valence electrons. The second kappa shape index (κ2) is 11.2. The number of nitrogens with one attached hydrogen (secondary N) is 1. The first-order valence-electron chi connectivity index (χ1n) is 12.9. The van der Waals surface area contributed by atoms with Gasteiger partial charge in [-0.2, -0.15) is 0 Å². The van der Waals surface area contributed by atoms with Crippen molar-refractivity contribution in [2.75, 3.05) is 20.3 Å². The van der Waals surface area contributed by atoms with Crippen LogP contribution in [0.25, 0.3) is 10.9 Å². The van der Waals surface area contributed by atoms with Crippen molar-refractivity contribution in [2.45, 2.75) is 38.8 Å². The molecule has 0 radical (unpaired) electrons. The molecule has 2 aromatic carbocycles. The maximum absolute atomic E-state index is 13.7. The summed E-state index contributed by atoms with van der Waals surface area (Å²) in [6.45, 7) is 7.22. The van der Waals surface area contributed by atoms with Crippen LogP contribution in [0.15, 0.2) is 76.0 Å². The van der Waals surface area contributed by atoms with Crippen molar-refractivity contribution >= 4 is 16.8 Å². The number of hydrogen-bond acceptors (Lipinski definition) is 6. The van der Waals surface area contributed by atoms with Crippen molar-refractivity contribution in [3.63, 3.8) is 0 Å². The summed E-state index contributed by atoms with van der Waals surface area (Å²) in [4.78, 5) is 31.5. The molecular formula is C31H32N2O6. The molecule has 2 N–H and O–H groups in total. The quantitative estimate of drug-likeness (QED) is 0.295. The maximum atomic E-state index is 13.7. The Morgan fingerprint density at radius 3 is 2.72 bits per heavy atom. The van der Waals surface area contributed by atoms with E-state index in [4.69, 9.17) is 13.9 Å². The maximum Gasteiger partial charge on any atom is 0.227 e. The number of carbonyl (C=O) groups excluding carboxylic acids is 1. The summed E-state index contributed by atoms with van der Waals surface area (Å²) >= 11 is 0. The molecule has 4 aromatic rings. The second-order valence-corrected chi connectivity index (χ2v) is 9.99. The van der Waals surface area contributed by atoms with Crippen LogP contribution < -0.4 is 10.2 Å². The van der Waals surface area contributed by atoms with Gasteiger partial charge in [-0.25, -0.2) is 0 Å². The van der Waals surface area contributed by atoms with Crippen molar-refractivity contribution in [3.05, 3.63) is 105 Å². The van der Waals surface area contributed by atoms with Crippen LogP contribution in [0.3, 0.4) is 0 Å². The third kappa shape index (κ3) is 5.61. The van der Waals surface area contributed by atoms with Gasteiger partial charge in [-0.1, -0.05) is 36.9 Å². The lowest BCUT2D eigenvalue weighted by molar-refractivity contribution is -0.132. The van der Waals surface area contributed by atoms with Crippen molar-refractivity contribution in [3.8, 4) is 11.5 Å². The minimum Gasteiger partial charge on any atom is -0.502 e. The Labute approximate surface area is 226 Å². The van der Waals surface area contributed by atoms with Crippen molar-refractivity contribution < 1.29 is 23.8 Å². The van der Waals surface area contributed by atoms with Gasteiger partial charge in [-0.05, 0) is 48.2 Å². The van der Waals surface area contributed by atoms with Crippen molar-refractivity contribution in [1.29, 1.82) is 0 Å². The van der Waals surface area contributed by atoms with Crippen LogP contribution >= 0.6 is 0 Å². The van der Waals surface area contributed by atoms with E-state index < -0.39 is 17.1 Å². The number of H-pyrrole nitrogens is 1. The number of ether oxygens (including phenoxy) is 2. The Morgan fingerprint density at radius 1 is 1.21 bits per heavy atom. The van der Waals surface area contributed by atoms with E-state index in [2.05, 4.69) is 17.6 Å². The lowest BCUT2D eigenvalue weighted by Crippen LogP contribution is -2.36. The predicted octanol–water partition coefficient (Wildman–Crippen LogP) is 5.03. The third-order valence-electron chi connectivity index (χ3n) is 6.98. The fourth-order valence-corrected chi connectivity index (χ4v) is 5.08. The van der Waals surface area contributed by atoms with Crippen LogP contribution in [0, 0.1) is 0 Å². The van der Waals surface area contributed by atoms with E-state index in [0.29, 0.717) is 31.0 Å². The number of amides is 1. The zero-order valence-corrected chi connectivity index (χ0v) is 22.2. The summed E-state index contributed by atoms with van der Waals surface area (Å²) in [6.07, 6.45) is 0.753. The molecule has 0 spiro atoms. The average Bonchev–Trinajstić information content (AvgIpc) is 3.31. The van der Waals surface area contributed by atoms with Crippen LogP contribution in [0.4, 0.5) is 0 Å². The van der Waals surface area contributed by atoms with E-state index in [-0.39, 0.29) is 30.5 Å². The number of methoxy groups -OCH3 is 1. The van der Waals surface area contributed by atoms with Gasteiger partial charge in [-0.3, -0.25) is 9.59 Å². The molecule has 0 bridgehead atoms. The monoisotopic (exact) mass is 528 g/mol. The van der Waals surface area contributed by atoms with Gasteiger partial charge in [0.05, 0.1) is 12.5 Å². The molecule has 8 heteroatoms. The number of para-hydroxylation sites is 1. The highest BCUT2D eigenvalue weighted by atomic mass is 16.5. The van der Waals surface area contributed by atoms with Gasteiger partial charge < -0.3 is 28.9 Å². The van der Waals surface area contributed by atoms with Crippen LogP contribution in [-0.4, -0.2) is 41.2 Å². The summed E-state index contributed by atoms with van der Waals surface area (Å²) in [7, 11) is 1.49. The molecule has 1 atom stereocenters. The van der Waals surface area contributed by atoms with E-state index >= 15 is 0 Å². The first-order valence-corrected chi connectivity index (χ1v) is 12.9. The van der Waals surface area contributed by atoms with Gasteiger partial charge in [0.15, 0.2) is 5.76 Å². The largest absolute Gasteiger partial charge is 0.502 e. The molecule has 5 rings (SSSR count). The average molecular weight is 529 g/mol. The molecule has 1 aliphatic rings. The Hall–Kier alpha value is -4.30. The molecule has 8 nitrogen and oxygen atoms in total. The van der Waals surface area contributed by atoms with E-state index in [9.17, 15) is 14.7 Å². The summed E-state index contributed by atoms with van der Waals surface area (Å²) in [5.41, 5.74) is 4.36. The zero-order valence-electron chi connectivity index (χ0n) is 22.2. The first-order chi connectivity index (χ1) is 18.8. The Kier molecular flexibility index (Phi) is 7.56. The van der Waals surface area contributed by atoms with Crippen LogP contribution in [0.5, 0.6) is 11.5 Å². The topological polar surface area (TPSA) is 105 Å². The zero-order chi connectivity index (χ0) is 27.5. The van der Waals surface area contributed by atoms with E-state index in [1.165, 1.54) is 24.1 Å². The van der Waals surface area contributed by atoms with E-state index in [1.54, 1.807) is 12.1 Å². The smallest absolute Gasteiger partial charge is 0.227 e. The Morgan fingerprint density at radius 2 is 1.97 bits per heavy atom. The van der Waals surface area contributed by atoms with E-state index in [0.717, 1.165) is 23.2 Å². The summed E-state index contributed by atoms with van der Waals surface area (Å²) in [6, 6.07) is 16.6. The second-order valence-electron chi connectivity index (χ2n) is 9.99. The third-order valence-corrected chi connectivity index (χ3v) is 6.98. The molecule has 0 saturated carbocycles. The van der Waals surface area contributed by atoms with Crippen LogP contribution in [-0.2, 0) is 29.1 Å². The van der Waals surface area contributed by atoms with Gasteiger partial charge in [0, 0.05) is 42.7 Å². The Balaban J connectivity index is 1.45. The van der Waals surface area contributed by atoms with Gasteiger partial charge >= 0.3 is 0 Å². The van der Waals surface area contributed by atoms with Gasteiger partial charge in [0.2, 0.25) is 17.1 Å². The first kappa shape index (κ1) is 26.3. The minimum atomic E-state index is -0.693. The summed E-state index contributed by atoms with van der Waals surface area (Å²) in [5.74, 6) is -0.344. The summed E-state index contributed by atoms with van der Waals surface area (Å²) < 4.78 is 16.8. The number of fused-ring (bicyclic) bond motifs is 3. The van der Waals surface area contributed by atoms with Crippen LogP contribution in [0.2, 0.25) is 0 Å². The highest BCUT2D eigenvalue weighted by Crippen LogP contribution is 2.35. The summed E-state index contributed by atoms with van der Waals surface area (Å²) in [5, 5.41) is 11.9. The van der Waals surface area contributed by atoms with Crippen molar-refractivity contribution in [2.24, 2.45) is 0 Å². The van der Waals surface area contributed by atoms with Gasteiger partial charge in [0.25, 0.3) is 0 Å². The number of rotatable bonds is 9. The number of hydrogen-bond donors (Lipinski definition) is 2. The van der Waals surface area contributed by atoms with Gasteiger partial charge in [0.1, 0.15) is 24.7 Å². The molecule has 39 heavy (non-hydrogen) atoms. The fraction of sp³-hybridized carbons (Fsp3) is 0.290. The minimum absolute atomic E-state index is 0.00840. The van der Waals surface area contributed by atoms with Gasteiger partial charge in [-0.15, -0.1) is 0 Å². The highest BCUT2D eigenvalue weighted by molar-refractivity contribution is 5.86. The normalized spacial score (nSPS) is 13.7. The number of aromatic hydroxyl groups is 1. The molecule has 0 saturated heterocycles. The molecule has 2 aromatic heterocycles. The number of carbonyl (C=O) groups is 1. The predicted molar refractivity (Wildman–Crippen MR) is 148 cm³/mol.